The Morgan fingerprint density at radius 1 is 0.707 bits per heavy atom. The maximum absolute atomic E-state index is 12.7. The van der Waals surface area contributed by atoms with Crippen LogP contribution in [0, 0.1) is 5.92 Å². The summed E-state index contributed by atoms with van der Waals surface area (Å²) in [6.45, 7) is 12.2. The number of ether oxygens (including phenoxy) is 2. The molecule has 242 valence electrons. The molecule has 0 amide bonds. The van der Waals surface area contributed by atoms with Crippen molar-refractivity contribution in [3.05, 3.63) is 24.3 Å². The number of rotatable bonds is 9. The summed E-state index contributed by atoms with van der Waals surface area (Å²) in [6.07, 6.45) is -27.9. The van der Waals surface area contributed by atoms with Crippen molar-refractivity contribution in [2.24, 2.45) is 5.92 Å². The number of hydrogen-bond donors (Lipinski definition) is 2. The third-order valence-corrected chi connectivity index (χ3v) is 5.21. The normalized spacial score (nSPS) is 14.6. The minimum absolute atomic E-state index is 0.170. The first kappa shape index (κ1) is 40.6. The molecule has 0 heterocycles. The molecular formula is C23H30F12O6. The topological polar surface area (TPSA) is 93.1 Å². The van der Waals surface area contributed by atoms with E-state index in [9.17, 15) is 62.3 Å². The van der Waals surface area contributed by atoms with Gasteiger partial charge < -0.3 is 19.7 Å². The fraction of sp³-hybridized carbons (Fsp3) is 0.739. The zero-order valence-corrected chi connectivity index (χ0v) is 22.5. The zero-order chi connectivity index (χ0) is 33.8. The third kappa shape index (κ3) is 10.1. The molecule has 0 aliphatic heterocycles. The molecule has 0 saturated carbocycles. The van der Waals surface area contributed by atoms with E-state index in [0.717, 1.165) is 6.92 Å². The number of carbonyl (C=O) groups excluding carboxylic acids is 2. The molecule has 6 nitrogen and oxygen atoms in total. The molecule has 18 heteroatoms. The van der Waals surface area contributed by atoms with Crippen molar-refractivity contribution < 1.29 is 82.0 Å². The van der Waals surface area contributed by atoms with E-state index in [1.165, 1.54) is 20.8 Å². The Hall–Kier alpha value is -2.50. The second-order valence-electron chi connectivity index (χ2n) is 9.88. The van der Waals surface area contributed by atoms with Crippen LogP contribution < -0.4 is 0 Å². The molecular weight excluding hydrogens is 600 g/mol. The van der Waals surface area contributed by atoms with Gasteiger partial charge in [-0.25, -0.2) is 9.59 Å². The molecule has 0 aromatic rings. The molecule has 41 heavy (non-hydrogen) atoms. The van der Waals surface area contributed by atoms with Gasteiger partial charge in [0.2, 0.25) is 0 Å². The van der Waals surface area contributed by atoms with E-state index < -0.39 is 71.5 Å². The number of aliphatic hydroxyl groups is 2. The van der Waals surface area contributed by atoms with Crippen molar-refractivity contribution >= 4 is 11.9 Å². The summed E-state index contributed by atoms with van der Waals surface area (Å²) in [7, 11) is 0. The van der Waals surface area contributed by atoms with Gasteiger partial charge in [0, 0.05) is 17.6 Å². The first-order valence-corrected chi connectivity index (χ1v) is 11.2. The molecule has 2 N–H and O–H groups in total. The molecule has 0 aliphatic carbocycles. The van der Waals surface area contributed by atoms with Gasteiger partial charge in [-0.1, -0.05) is 27.0 Å². The van der Waals surface area contributed by atoms with Crippen molar-refractivity contribution in [1.82, 2.24) is 0 Å². The van der Waals surface area contributed by atoms with E-state index in [1.54, 1.807) is 0 Å². The molecule has 0 rings (SSSR count). The molecule has 0 fully saturated rings. The number of hydrogen-bond acceptors (Lipinski definition) is 6. The molecule has 1 atom stereocenters. The van der Waals surface area contributed by atoms with E-state index in [1.807, 2.05) is 0 Å². The van der Waals surface area contributed by atoms with Gasteiger partial charge >= 0.3 is 36.6 Å². The predicted octanol–water partition coefficient (Wildman–Crippen LogP) is 6.51. The van der Waals surface area contributed by atoms with Crippen molar-refractivity contribution in [1.29, 1.82) is 0 Å². The van der Waals surface area contributed by atoms with Gasteiger partial charge in [-0.2, -0.15) is 52.7 Å². The fourth-order valence-electron chi connectivity index (χ4n) is 2.91. The summed E-state index contributed by atoms with van der Waals surface area (Å²) in [5.74, 6) is -2.94. The predicted molar refractivity (Wildman–Crippen MR) is 118 cm³/mol. The van der Waals surface area contributed by atoms with Gasteiger partial charge in [0.15, 0.2) is 5.60 Å². The average molecular weight is 630 g/mol. The first-order chi connectivity index (χ1) is 17.7. The highest BCUT2D eigenvalue weighted by molar-refractivity contribution is 5.87. The SMILES string of the molecule is C=C(C)C(=O)OC(C)(C)C(O)(C(F)(F)F)C(F)(F)F.C=C(C)C(=O)OC(CC(C)C)CC(O)(C(F)(F)F)C(F)(F)F. The quantitative estimate of drug-likeness (QED) is 0.172. The van der Waals surface area contributed by atoms with Gasteiger partial charge in [0.05, 0.1) is 0 Å². The summed E-state index contributed by atoms with van der Waals surface area (Å²) in [5.41, 5.74) is -14.0. The molecule has 0 spiro atoms. The van der Waals surface area contributed by atoms with Crippen LogP contribution in [0.5, 0.6) is 0 Å². The number of esters is 2. The number of carbonyl (C=O) groups is 2. The van der Waals surface area contributed by atoms with Gasteiger partial charge in [0.25, 0.3) is 11.2 Å². The Kier molecular flexibility index (Phi) is 13.1. The van der Waals surface area contributed by atoms with Crippen molar-refractivity contribution in [2.45, 2.75) is 102 Å². The Morgan fingerprint density at radius 2 is 1.05 bits per heavy atom. The maximum Gasteiger partial charge on any atom is 0.430 e. The monoisotopic (exact) mass is 630 g/mol. The van der Waals surface area contributed by atoms with E-state index in [4.69, 9.17) is 10.2 Å². The molecule has 0 saturated heterocycles. The summed E-state index contributed by atoms with van der Waals surface area (Å²) in [5, 5.41) is 18.2. The summed E-state index contributed by atoms with van der Waals surface area (Å²) < 4.78 is 160. The fourth-order valence-corrected chi connectivity index (χ4v) is 2.91. The number of halogens is 12. The Morgan fingerprint density at radius 3 is 1.29 bits per heavy atom. The molecule has 0 radical (unpaired) electrons. The second-order valence-corrected chi connectivity index (χ2v) is 9.88. The highest BCUT2D eigenvalue weighted by atomic mass is 19.4. The number of alkyl halides is 12. The largest absolute Gasteiger partial charge is 0.459 e. The van der Waals surface area contributed by atoms with E-state index >= 15 is 0 Å². The highest BCUT2D eigenvalue weighted by Crippen LogP contribution is 2.51. The maximum atomic E-state index is 12.7. The van der Waals surface area contributed by atoms with Crippen LogP contribution in [0.15, 0.2) is 24.3 Å². The van der Waals surface area contributed by atoms with Crippen molar-refractivity contribution in [2.75, 3.05) is 0 Å². The summed E-state index contributed by atoms with van der Waals surface area (Å²) in [4.78, 5) is 22.4. The van der Waals surface area contributed by atoms with Crippen LogP contribution in [0.4, 0.5) is 52.7 Å². The smallest absolute Gasteiger partial charge is 0.430 e. The molecule has 0 aromatic carbocycles. The summed E-state index contributed by atoms with van der Waals surface area (Å²) >= 11 is 0. The molecule has 0 aliphatic rings. The molecule has 0 bridgehead atoms. The van der Waals surface area contributed by atoms with E-state index in [-0.39, 0.29) is 17.9 Å². The van der Waals surface area contributed by atoms with E-state index in [0.29, 0.717) is 13.8 Å². The average Bonchev–Trinajstić information content (AvgIpc) is 2.68. The summed E-state index contributed by atoms with van der Waals surface area (Å²) in [6, 6.07) is 0. The molecule has 1 unspecified atom stereocenters. The zero-order valence-electron chi connectivity index (χ0n) is 22.5. The lowest BCUT2D eigenvalue weighted by molar-refractivity contribution is -0.407. The standard InChI is InChI=1S/C13H18F6O3.C10H12F6O3/c1-7(2)5-9(22-10(20)8(3)4)6-11(21,12(14,15)16)13(17,18)19;1-5(2)6(17)19-7(3,4)8(18,9(11,12)13)10(14,15)16/h7,9,21H,3,5-6H2,1-2,4H3;18H,1H2,2-4H3. The second kappa shape index (κ2) is 13.2. The van der Waals surface area contributed by atoms with Crippen LogP contribution in [0.25, 0.3) is 0 Å². The van der Waals surface area contributed by atoms with Crippen LogP contribution in [-0.2, 0) is 19.1 Å². The van der Waals surface area contributed by atoms with Gasteiger partial charge in [-0.3, -0.25) is 0 Å². The lowest BCUT2D eigenvalue weighted by Gasteiger charge is -2.43. The highest BCUT2D eigenvalue weighted by Gasteiger charge is 2.78. The van der Waals surface area contributed by atoms with Crippen molar-refractivity contribution in [3.8, 4) is 0 Å². The van der Waals surface area contributed by atoms with Crippen LogP contribution in [-0.4, -0.2) is 69.8 Å². The third-order valence-electron chi connectivity index (χ3n) is 5.21. The van der Waals surface area contributed by atoms with Crippen LogP contribution >= 0.6 is 0 Å². The van der Waals surface area contributed by atoms with Gasteiger partial charge in [-0.05, 0) is 40.0 Å². The Bertz CT molecular complexity index is 915. The molecule has 0 aromatic heterocycles. The van der Waals surface area contributed by atoms with Crippen LogP contribution in [0.3, 0.4) is 0 Å². The van der Waals surface area contributed by atoms with Gasteiger partial charge in [0.1, 0.15) is 6.10 Å². The minimum atomic E-state index is -6.08. The first-order valence-electron chi connectivity index (χ1n) is 11.2. The van der Waals surface area contributed by atoms with Crippen LogP contribution in [0.2, 0.25) is 0 Å². The van der Waals surface area contributed by atoms with Crippen LogP contribution in [0.1, 0.15) is 54.4 Å². The Balaban J connectivity index is 0. The lowest BCUT2D eigenvalue weighted by atomic mass is 9.84. The lowest BCUT2D eigenvalue weighted by Crippen LogP contribution is -2.69. The van der Waals surface area contributed by atoms with Gasteiger partial charge in [-0.15, -0.1) is 0 Å². The Labute approximate surface area is 227 Å². The van der Waals surface area contributed by atoms with E-state index in [2.05, 4.69) is 22.6 Å². The minimum Gasteiger partial charge on any atom is -0.459 e. The van der Waals surface area contributed by atoms with Crippen molar-refractivity contribution in [3.63, 3.8) is 0 Å².